The largest absolute Gasteiger partial charge is 0.497 e. The number of benzene rings is 3. The summed E-state index contributed by atoms with van der Waals surface area (Å²) in [6.07, 6.45) is -0.242. The van der Waals surface area contributed by atoms with Crippen molar-refractivity contribution in [1.29, 1.82) is 0 Å². The van der Waals surface area contributed by atoms with Crippen LogP contribution < -0.4 is 15.0 Å². The predicted octanol–water partition coefficient (Wildman–Crippen LogP) is 4.51. The summed E-state index contributed by atoms with van der Waals surface area (Å²) in [5.41, 5.74) is 2.67. The first kappa shape index (κ1) is 23.0. The van der Waals surface area contributed by atoms with Crippen molar-refractivity contribution in [1.82, 2.24) is 4.90 Å². The van der Waals surface area contributed by atoms with Gasteiger partial charge in [0.15, 0.2) is 0 Å². The van der Waals surface area contributed by atoms with Crippen LogP contribution in [0.4, 0.5) is 20.6 Å². The summed E-state index contributed by atoms with van der Waals surface area (Å²) >= 11 is 0. The van der Waals surface area contributed by atoms with E-state index in [1.54, 1.807) is 24.3 Å². The van der Waals surface area contributed by atoms with Crippen molar-refractivity contribution >= 4 is 29.2 Å². The minimum absolute atomic E-state index is 0.166. The van der Waals surface area contributed by atoms with Crippen LogP contribution in [0.3, 0.4) is 0 Å². The van der Waals surface area contributed by atoms with E-state index < -0.39 is 29.7 Å². The Morgan fingerprint density at radius 2 is 1.74 bits per heavy atom. The van der Waals surface area contributed by atoms with E-state index in [1.165, 1.54) is 36.3 Å². The molecule has 1 fully saturated rings. The fourth-order valence-corrected chi connectivity index (χ4v) is 3.81. The molecule has 34 heavy (non-hydrogen) atoms. The molecule has 0 radical (unpaired) electrons. The lowest BCUT2D eigenvalue weighted by atomic mass is 10.1. The van der Waals surface area contributed by atoms with E-state index in [0.29, 0.717) is 17.1 Å². The van der Waals surface area contributed by atoms with Gasteiger partial charge in [-0.05, 0) is 48.9 Å². The molecule has 0 unspecified atom stereocenters. The number of carbonyl (C=O) groups is 3. The third-order valence-corrected chi connectivity index (χ3v) is 5.61. The Morgan fingerprint density at radius 1 is 1.03 bits per heavy atom. The van der Waals surface area contributed by atoms with E-state index in [1.807, 2.05) is 31.2 Å². The van der Waals surface area contributed by atoms with E-state index in [2.05, 4.69) is 5.32 Å². The number of hydrogen-bond acceptors (Lipinski definition) is 4. The molecule has 4 rings (SSSR count). The Bertz CT molecular complexity index is 1210. The molecule has 8 heteroatoms. The molecule has 3 aromatic rings. The van der Waals surface area contributed by atoms with Gasteiger partial charge in [-0.2, -0.15) is 0 Å². The van der Waals surface area contributed by atoms with Crippen molar-refractivity contribution in [3.63, 3.8) is 0 Å². The van der Waals surface area contributed by atoms with Crippen molar-refractivity contribution in [3.8, 4) is 5.75 Å². The van der Waals surface area contributed by atoms with E-state index in [4.69, 9.17) is 4.74 Å². The molecule has 1 aliphatic heterocycles. The second-order valence-electron chi connectivity index (χ2n) is 8.05. The van der Waals surface area contributed by atoms with E-state index in [-0.39, 0.29) is 13.0 Å². The third kappa shape index (κ3) is 4.91. The molecular weight excluding hydrogens is 437 g/mol. The zero-order chi connectivity index (χ0) is 24.2. The monoisotopic (exact) mass is 461 g/mol. The minimum Gasteiger partial charge on any atom is -0.497 e. The van der Waals surface area contributed by atoms with Gasteiger partial charge in [0, 0.05) is 18.3 Å². The first-order valence-corrected chi connectivity index (χ1v) is 10.8. The summed E-state index contributed by atoms with van der Waals surface area (Å²) < 4.78 is 18.4. The Kier molecular flexibility index (Phi) is 6.58. The number of imide groups is 1. The first-order valence-electron chi connectivity index (χ1n) is 10.8. The summed E-state index contributed by atoms with van der Waals surface area (Å²) in [5, 5.41) is 2.66. The van der Waals surface area contributed by atoms with Gasteiger partial charge in [-0.25, -0.2) is 14.1 Å². The number of methoxy groups -OCH3 is 1. The highest BCUT2D eigenvalue weighted by atomic mass is 19.1. The van der Waals surface area contributed by atoms with Gasteiger partial charge in [0.1, 0.15) is 17.6 Å². The highest BCUT2D eigenvalue weighted by Crippen LogP contribution is 2.30. The van der Waals surface area contributed by atoms with Gasteiger partial charge >= 0.3 is 6.03 Å². The number of carbonyl (C=O) groups excluding carboxylic acids is 3. The number of halogens is 1. The summed E-state index contributed by atoms with van der Waals surface area (Å²) in [4.78, 5) is 42.0. The smallest absolute Gasteiger partial charge is 0.332 e. The van der Waals surface area contributed by atoms with Crippen molar-refractivity contribution in [2.24, 2.45) is 0 Å². The molecule has 0 bridgehead atoms. The number of aryl methyl sites for hydroxylation is 1. The average Bonchev–Trinajstić information content (AvgIpc) is 3.05. The summed E-state index contributed by atoms with van der Waals surface area (Å²) in [7, 11) is 1.50. The number of nitrogens with one attached hydrogen (secondary N) is 1. The molecule has 1 saturated heterocycles. The lowest BCUT2D eigenvalue weighted by Crippen LogP contribution is -2.37. The Morgan fingerprint density at radius 3 is 2.41 bits per heavy atom. The number of urea groups is 1. The Hall–Kier alpha value is -4.20. The van der Waals surface area contributed by atoms with E-state index >= 15 is 0 Å². The predicted molar refractivity (Wildman–Crippen MR) is 126 cm³/mol. The molecular formula is C26H24FN3O4. The lowest BCUT2D eigenvalue weighted by molar-refractivity contribution is -0.124. The SMILES string of the molecule is COc1cccc(N2C(=O)[C@@H](CC(=O)Nc3ccc(F)cc3)N(Cc3ccc(C)cc3)C2=O)c1. The Labute approximate surface area is 196 Å². The van der Waals surface area contributed by atoms with Crippen LogP contribution in [0.15, 0.2) is 72.8 Å². The van der Waals surface area contributed by atoms with Crippen LogP contribution in [0.2, 0.25) is 0 Å². The molecule has 7 nitrogen and oxygen atoms in total. The molecule has 1 atom stereocenters. The number of anilines is 2. The summed E-state index contributed by atoms with van der Waals surface area (Å²) in [6, 6.07) is 18.1. The van der Waals surface area contributed by atoms with Gasteiger partial charge < -0.3 is 15.0 Å². The third-order valence-electron chi connectivity index (χ3n) is 5.61. The highest BCUT2D eigenvalue weighted by Gasteiger charge is 2.46. The number of ether oxygens (including phenoxy) is 1. The van der Waals surface area contributed by atoms with Crippen LogP contribution in [-0.2, 0) is 16.1 Å². The highest BCUT2D eigenvalue weighted by molar-refractivity contribution is 6.22. The number of hydrogen-bond donors (Lipinski definition) is 1. The molecule has 3 aromatic carbocycles. The van der Waals surface area contributed by atoms with Crippen LogP contribution >= 0.6 is 0 Å². The maximum absolute atomic E-state index is 13.4. The number of nitrogens with zero attached hydrogens (tertiary/aromatic N) is 2. The van der Waals surface area contributed by atoms with E-state index in [0.717, 1.165) is 16.0 Å². The molecule has 1 aliphatic rings. The topological polar surface area (TPSA) is 79.0 Å². The number of amides is 4. The van der Waals surface area contributed by atoms with Crippen molar-refractivity contribution in [2.45, 2.75) is 25.9 Å². The molecule has 1 heterocycles. The quantitative estimate of drug-likeness (QED) is 0.525. The fraction of sp³-hybridized carbons (Fsp3) is 0.192. The maximum Gasteiger partial charge on any atom is 0.332 e. The van der Waals surface area contributed by atoms with Crippen LogP contribution in [0.5, 0.6) is 5.75 Å². The van der Waals surface area contributed by atoms with Crippen LogP contribution in [0.25, 0.3) is 0 Å². The number of rotatable bonds is 7. The molecule has 0 aliphatic carbocycles. The van der Waals surface area contributed by atoms with Gasteiger partial charge in [0.25, 0.3) is 5.91 Å². The van der Waals surface area contributed by atoms with Crippen LogP contribution in [0, 0.1) is 12.7 Å². The van der Waals surface area contributed by atoms with Crippen molar-refractivity contribution < 1.29 is 23.5 Å². The van der Waals surface area contributed by atoms with Gasteiger partial charge in [-0.1, -0.05) is 35.9 Å². The van der Waals surface area contributed by atoms with Gasteiger partial charge in [0.2, 0.25) is 5.91 Å². The summed E-state index contributed by atoms with van der Waals surface area (Å²) in [6.45, 7) is 2.13. The lowest BCUT2D eigenvalue weighted by Gasteiger charge is -2.22. The molecule has 0 spiro atoms. The standard InChI is InChI=1S/C26H24FN3O4/c1-17-6-8-18(9-7-17)16-29-23(15-24(31)28-20-12-10-19(27)11-13-20)25(32)30(26(29)33)21-4-3-5-22(14-21)34-2/h3-14,23H,15-16H2,1-2H3,(H,28,31)/t23-/m1/s1. The van der Waals surface area contributed by atoms with Gasteiger partial charge in [0.05, 0.1) is 19.2 Å². The summed E-state index contributed by atoms with van der Waals surface area (Å²) in [5.74, 6) is -0.882. The maximum atomic E-state index is 13.4. The Balaban J connectivity index is 1.61. The van der Waals surface area contributed by atoms with Gasteiger partial charge in [-0.15, -0.1) is 0 Å². The molecule has 174 valence electrons. The zero-order valence-electron chi connectivity index (χ0n) is 18.8. The zero-order valence-corrected chi connectivity index (χ0v) is 18.8. The first-order chi connectivity index (χ1) is 16.4. The molecule has 4 amide bonds. The van der Waals surface area contributed by atoms with Crippen LogP contribution in [-0.4, -0.2) is 35.9 Å². The second kappa shape index (κ2) is 9.74. The normalized spacial score (nSPS) is 15.6. The second-order valence-corrected chi connectivity index (χ2v) is 8.05. The van der Waals surface area contributed by atoms with Crippen molar-refractivity contribution in [3.05, 3.63) is 89.7 Å². The fourth-order valence-electron chi connectivity index (χ4n) is 3.81. The molecule has 0 saturated carbocycles. The molecule has 1 N–H and O–H groups in total. The van der Waals surface area contributed by atoms with Gasteiger partial charge in [-0.3, -0.25) is 9.59 Å². The average molecular weight is 461 g/mol. The van der Waals surface area contributed by atoms with E-state index in [9.17, 15) is 18.8 Å². The van der Waals surface area contributed by atoms with Crippen molar-refractivity contribution in [2.75, 3.05) is 17.3 Å². The molecule has 0 aromatic heterocycles. The van der Waals surface area contributed by atoms with Crippen LogP contribution in [0.1, 0.15) is 17.5 Å². The minimum atomic E-state index is -1.000.